The molecule has 0 radical (unpaired) electrons. The van der Waals surface area contributed by atoms with Crippen molar-refractivity contribution in [2.45, 2.75) is 64.8 Å². The summed E-state index contributed by atoms with van der Waals surface area (Å²) in [5.74, 6) is 0. The van der Waals surface area contributed by atoms with Gasteiger partial charge >= 0.3 is 0 Å². The van der Waals surface area contributed by atoms with Gasteiger partial charge in [-0.1, -0.05) is 57.9 Å². The molecule has 0 bridgehead atoms. The van der Waals surface area contributed by atoms with Crippen LogP contribution in [0.4, 0.5) is 0 Å². The molecule has 0 saturated heterocycles. The van der Waals surface area contributed by atoms with E-state index >= 15 is 0 Å². The summed E-state index contributed by atoms with van der Waals surface area (Å²) >= 11 is 0. The zero-order valence-electron chi connectivity index (χ0n) is 11.8. The Labute approximate surface area is 112 Å². The van der Waals surface area contributed by atoms with Gasteiger partial charge in [0.15, 0.2) is 0 Å². The number of rotatable bonds is 11. The maximum Gasteiger partial charge on any atom is 0.0541 e. The lowest BCUT2D eigenvalue weighted by atomic mass is 10.1. The van der Waals surface area contributed by atoms with E-state index in [2.05, 4.69) is 23.3 Å². The number of aromatic nitrogens is 1. The first-order valence-electron chi connectivity index (χ1n) is 7.54. The van der Waals surface area contributed by atoms with Crippen LogP contribution in [0.5, 0.6) is 0 Å². The van der Waals surface area contributed by atoms with E-state index in [0.717, 1.165) is 18.8 Å². The van der Waals surface area contributed by atoms with Gasteiger partial charge in [0, 0.05) is 12.7 Å². The number of hydrogen-bond acceptors (Lipinski definition) is 2. The van der Waals surface area contributed by atoms with Crippen LogP contribution in [0.1, 0.15) is 64.0 Å². The van der Waals surface area contributed by atoms with Crippen molar-refractivity contribution < 1.29 is 0 Å². The molecular weight excluding hydrogens is 220 g/mol. The number of unbranched alkanes of at least 4 members (excludes halogenated alkanes) is 7. The molecule has 102 valence electrons. The molecule has 18 heavy (non-hydrogen) atoms. The van der Waals surface area contributed by atoms with E-state index in [0.29, 0.717) is 0 Å². The average Bonchev–Trinajstić information content (AvgIpc) is 2.42. The smallest absolute Gasteiger partial charge is 0.0541 e. The molecule has 1 heterocycles. The third-order valence-electron chi connectivity index (χ3n) is 3.24. The van der Waals surface area contributed by atoms with Gasteiger partial charge in [-0.05, 0) is 25.1 Å². The summed E-state index contributed by atoms with van der Waals surface area (Å²) in [5, 5.41) is 3.45. The van der Waals surface area contributed by atoms with Gasteiger partial charge in [0.25, 0.3) is 0 Å². The molecule has 0 amide bonds. The minimum Gasteiger partial charge on any atom is -0.311 e. The minimum absolute atomic E-state index is 0.900. The normalized spacial score (nSPS) is 10.7. The predicted molar refractivity (Wildman–Crippen MR) is 78.6 cm³/mol. The molecule has 0 unspecified atom stereocenters. The highest BCUT2D eigenvalue weighted by atomic mass is 14.9. The molecule has 0 fully saturated rings. The van der Waals surface area contributed by atoms with Crippen molar-refractivity contribution in [1.82, 2.24) is 10.3 Å². The van der Waals surface area contributed by atoms with Crippen molar-refractivity contribution in [3.8, 4) is 0 Å². The number of pyridine rings is 1. The van der Waals surface area contributed by atoms with Gasteiger partial charge in [0.05, 0.1) is 5.69 Å². The fraction of sp³-hybridized carbons (Fsp3) is 0.688. The van der Waals surface area contributed by atoms with E-state index in [1.54, 1.807) is 0 Å². The Balaban J connectivity index is 1.82. The van der Waals surface area contributed by atoms with Gasteiger partial charge in [-0.15, -0.1) is 0 Å². The standard InChI is InChI=1S/C16H28N2/c1-2-3-4-5-6-7-8-10-13-17-15-16-12-9-11-14-18-16/h9,11-12,14,17H,2-8,10,13,15H2,1H3. The Bertz CT molecular complexity index is 272. The zero-order valence-corrected chi connectivity index (χ0v) is 11.8. The maximum absolute atomic E-state index is 4.29. The number of hydrogen-bond donors (Lipinski definition) is 1. The third kappa shape index (κ3) is 8.24. The van der Waals surface area contributed by atoms with Crippen molar-refractivity contribution in [2.75, 3.05) is 6.54 Å². The number of nitrogens with zero attached hydrogens (tertiary/aromatic N) is 1. The highest BCUT2D eigenvalue weighted by Crippen LogP contribution is 2.07. The van der Waals surface area contributed by atoms with Gasteiger partial charge in [-0.3, -0.25) is 4.98 Å². The highest BCUT2D eigenvalue weighted by molar-refractivity contribution is 5.02. The Morgan fingerprint density at radius 3 is 2.33 bits per heavy atom. The largest absolute Gasteiger partial charge is 0.311 e. The summed E-state index contributed by atoms with van der Waals surface area (Å²) in [5.41, 5.74) is 1.14. The van der Waals surface area contributed by atoms with Crippen molar-refractivity contribution in [1.29, 1.82) is 0 Å². The van der Waals surface area contributed by atoms with Gasteiger partial charge in [-0.2, -0.15) is 0 Å². The van der Waals surface area contributed by atoms with E-state index in [9.17, 15) is 0 Å². The van der Waals surface area contributed by atoms with E-state index < -0.39 is 0 Å². The fourth-order valence-corrected chi connectivity index (χ4v) is 2.10. The maximum atomic E-state index is 4.29. The van der Waals surface area contributed by atoms with Crippen LogP contribution in [0, 0.1) is 0 Å². The molecule has 0 aliphatic rings. The second-order valence-electron chi connectivity index (χ2n) is 4.97. The molecule has 2 nitrogen and oxygen atoms in total. The number of nitrogens with one attached hydrogen (secondary N) is 1. The summed E-state index contributed by atoms with van der Waals surface area (Å²) in [6.45, 7) is 4.29. The molecular formula is C16H28N2. The zero-order chi connectivity index (χ0) is 12.9. The van der Waals surface area contributed by atoms with Crippen molar-refractivity contribution in [3.05, 3.63) is 30.1 Å². The van der Waals surface area contributed by atoms with Crippen LogP contribution >= 0.6 is 0 Å². The Hall–Kier alpha value is -0.890. The summed E-state index contributed by atoms with van der Waals surface area (Å²) in [6, 6.07) is 6.07. The first-order valence-corrected chi connectivity index (χ1v) is 7.54. The Morgan fingerprint density at radius 1 is 0.944 bits per heavy atom. The molecule has 1 rings (SSSR count). The monoisotopic (exact) mass is 248 g/mol. The van der Waals surface area contributed by atoms with Crippen LogP contribution in [0.3, 0.4) is 0 Å². The summed E-state index contributed by atoms with van der Waals surface area (Å²) in [6.07, 6.45) is 12.9. The van der Waals surface area contributed by atoms with Gasteiger partial charge in [-0.25, -0.2) is 0 Å². The molecule has 0 aliphatic heterocycles. The summed E-state index contributed by atoms with van der Waals surface area (Å²) in [4.78, 5) is 4.29. The van der Waals surface area contributed by atoms with Crippen molar-refractivity contribution in [2.24, 2.45) is 0 Å². The molecule has 0 spiro atoms. The minimum atomic E-state index is 0.900. The molecule has 0 aliphatic carbocycles. The topological polar surface area (TPSA) is 24.9 Å². The first kappa shape index (κ1) is 15.2. The van der Waals surface area contributed by atoms with E-state index in [4.69, 9.17) is 0 Å². The van der Waals surface area contributed by atoms with Crippen LogP contribution in [0.15, 0.2) is 24.4 Å². The van der Waals surface area contributed by atoms with Gasteiger partial charge in [0.1, 0.15) is 0 Å². The lowest BCUT2D eigenvalue weighted by Gasteiger charge is -2.04. The van der Waals surface area contributed by atoms with Crippen molar-refractivity contribution >= 4 is 0 Å². The van der Waals surface area contributed by atoms with E-state index in [-0.39, 0.29) is 0 Å². The van der Waals surface area contributed by atoms with Crippen molar-refractivity contribution in [3.63, 3.8) is 0 Å². The molecule has 1 aromatic rings. The quantitative estimate of drug-likeness (QED) is 0.590. The molecule has 0 atom stereocenters. The lowest BCUT2D eigenvalue weighted by molar-refractivity contribution is 0.553. The average molecular weight is 248 g/mol. The van der Waals surface area contributed by atoms with Gasteiger partial charge in [0.2, 0.25) is 0 Å². The fourth-order valence-electron chi connectivity index (χ4n) is 2.10. The van der Waals surface area contributed by atoms with E-state index in [1.165, 1.54) is 51.4 Å². The Morgan fingerprint density at radius 2 is 1.67 bits per heavy atom. The molecule has 1 N–H and O–H groups in total. The predicted octanol–water partition coefficient (Wildman–Crippen LogP) is 4.31. The summed E-state index contributed by atoms with van der Waals surface area (Å²) in [7, 11) is 0. The first-order chi connectivity index (χ1) is 8.93. The van der Waals surface area contributed by atoms with Crippen LogP contribution < -0.4 is 5.32 Å². The molecule has 1 aromatic heterocycles. The summed E-state index contributed by atoms with van der Waals surface area (Å²) < 4.78 is 0. The highest BCUT2D eigenvalue weighted by Gasteiger charge is 1.93. The second kappa shape index (κ2) is 11.2. The van der Waals surface area contributed by atoms with Gasteiger partial charge < -0.3 is 5.32 Å². The molecule has 0 aromatic carbocycles. The van der Waals surface area contributed by atoms with Crippen LogP contribution in [0.25, 0.3) is 0 Å². The molecule has 2 heteroatoms. The molecule has 0 saturated carbocycles. The third-order valence-corrected chi connectivity index (χ3v) is 3.24. The van der Waals surface area contributed by atoms with Crippen LogP contribution in [-0.4, -0.2) is 11.5 Å². The Kier molecular flexibility index (Phi) is 9.45. The lowest BCUT2D eigenvalue weighted by Crippen LogP contribution is -2.15. The van der Waals surface area contributed by atoms with E-state index in [1.807, 2.05) is 18.3 Å². The van der Waals surface area contributed by atoms with Crippen LogP contribution in [-0.2, 0) is 6.54 Å². The second-order valence-corrected chi connectivity index (χ2v) is 4.97. The van der Waals surface area contributed by atoms with Crippen LogP contribution in [0.2, 0.25) is 0 Å². The SMILES string of the molecule is CCCCCCCCCCNCc1ccccn1.